The zero-order valence-electron chi connectivity index (χ0n) is 11.5. The lowest BCUT2D eigenvalue weighted by Gasteiger charge is -2.17. The number of hydrogen-bond donors (Lipinski definition) is 0. The van der Waals surface area contributed by atoms with Gasteiger partial charge in [0.2, 0.25) is 0 Å². The van der Waals surface area contributed by atoms with Crippen LogP contribution in [0.15, 0.2) is 71.1 Å². The molecule has 0 amide bonds. The van der Waals surface area contributed by atoms with Crippen molar-refractivity contribution < 1.29 is 8.81 Å². The summed E-state index contributed by atoms with van der Waals surface area (Å²) in [5.74, 6) is -0.259. The molecule has 0 N–H and O–H groups in total. The van der Waals surface area contributed by atoms with E-state index in [0.717, 1.165) is 27.6 Å². The van der Waals surface area contributed by atoms with Crippen LogP contribution >= 0.6 is 22.9 Å². The molecule has 0 saturated heterocycles. The number of furan rings is 1. The second kappa shape index (κ2) is 5.28. The highest BCUT2D eigenvalue weighted by Gasteiger charge is 2.17. The fraction of sp³-hybridized carbons (Fsp3) is 0. The lowest BCUT2D eigenvalue weighted by Crippen LogP contribution is -2.03. The molecule has 108 valence electrons. The van der Waals surface area contributed by atoms with Gasteiger partial charge in [-0.25, -0.2) is 4.39 Å². The molecule has 1 heterocycles. The summed E-state index contributed by atoms with van der Waals surface area (Å²) in [4.78, 5) is 0. The molecule has 22 heavy (non-hydrogen) atoms. The summed E-state index contributed by atoms with van der Waals surface area (Å²) in [6.45, 7) is 0. The Morgan fingerprint density at radius 1 is 0.773 bits per heavy atom. The van der Waals surface area contributed by atoms with Crippen LogP contribution in [0.5, 0.6) is 0 Å². The molecule has 4 heteroatoms. The molecule has 0 aliphatic carbocycles. The number of halogens is 2. The summed E-state index contributed by atoms with van der Waals surface area (Å²) in [7, 11) is 0. The smallest absolute Gasteiger partial charge is 0.159 e. The predicted molar refractivity (Wildman–Crippen MR) is 96.3 cm³/mol. The molecule has 0 atom stereocenters. The van der Waals surface area contributed by atoms with Crippen molar-refractivity contribution in [2.45, 2.75) is 0 Å². The largest absolute Gasteiger partial charge is 0.454 e. The fourth-order valence-electron chi connectivity index (χ4n) is 2.63. The molecule has 3 aromatic carbocycles. The SMILES string of the molecule is Fc1ccccc1N(I)c1cccc2c1oc1ccccc12. The number of nitrogens with zero attached hydrogens (tertiary/aromatic N) is 1. The van der Waals surface area contributed by atoms with Crippen LogP contribution in [0, 0.1) is 5.82 Å². The predicted octanol–water partition coefficient (Wildman–Crippen LogP) is 6.21. The van der Waals surface area contributed by atoms with Crippen molar-refractivity contribution in [2.75, 3.05) is 3.11 Å². The quantitative estimate of drug-likeness (QED) is 0.292. The van der Waals surface area contributed by atoms with Gasteiger partial charge >= 0.3 is 0 Å². The molecule has 0 radical (unpaired) electrons. The Hall–Kier alpha value is -2.08. The average Bonchev–Trinajstić information content (AvgIpc) is 2.93. The molecule has 0 fully saturated rings. The van der Waals surface area contributed by atoms with Crippen molar-refractivity contribution in [3.05, 3.63) is 72.5 Å². The first-order valence-electron chi connectivity index (χ1n) is 6.86. The number of anilines is 2. The summed E-state index contributed by atoms with van der Waals surface area (Å²) in [6, 6.07) is 20.6. The van der Waals surface area contributed by atoms with Crippen molar-refractivity contribution in [3.63, 3.8) is 0 Å². The van der Waals surface area contributed by atoms with E-state index in [4.69, 9.17) is 4.42 Å². The Labute approximate surface area is 140 Å². The third kappa shape index (κ3) is 2.06. The first kappa shape index (κ1) is 13.6. The molecule has 4 rings (SSSR count). The topological polar surface area (TPSA) is 16.4 Å². The van der Waals surface area contributed by atoms with E-state index in [1.165, 1.54) is 6.07 Å². The van der Waals surface area contributed by atoms with E-state index in [0.29, 0.717) is 5.69 Å². The molecular weight excluding hydrogens is 392 g/mol. The molecule has 1 aromatic heterocycles. The first-order chi connectivity index (χ1) is 10.8. The number of para-hydroxylation sites is 3. The van der Waals surface area contributed by atoms with Gasteiger partial charge in [-0.3, -0.25) is 3.11 Å². The molecule has 0 saturated carbocycles. The molecule has 0 aliphatic heterocycles. The van der Waals surface area contributed by atoms with E-state index < -0.39 is 0 Å². The molecule has 4 aromatic rings. The molecule has 0 aliphatic rings. The second-order valence-electron chi connectivity index (χ2n) is 4.98. The minimum Gasteiger partial charge on any atom is -0.454 e. The third-order valence-corrected chi connectivity index (χ3v) is 4.70. The van der Waals surface area contributed by atoms with Crippen LogP contribution in [-0.4, -0.2) is 0 Å². The zero-order chi connectivity index (χ0) is 15.1. The van der Waals surface area contributed by atoms with Crippen molar-refractivity contribution >= 4 is 56.2 Å². The summed E-state index contributed by atoms with van der Waals surface area (Å²) in [5, 5.41) is 2.10. The van der Waals surface area contributed by atoms with E-state index >= 15 is 0 Å². The van der Waals surface area contributed by atoms with E-state index in [1.54, 1.807) is 15.2 Å². The van der Waals surface area contributed by atoms with Gasteiger partial charge in [0.05, 0.1) is 34.2 Å². The van der Waals surface area contributed by atoms with Gasteiger partial charge in [-0.05, 0) is 24.3 Å². The van der Waals surface area contributed by atoms with Crippen LogP contribution in [-0.2, 0) is 0 Å². The van der Waals surface area contributed by atoms with E-state index in [2.05, 4.69) is 22.9 Å². The molecule has 0 spiro atoms. The summed E-state index contributed by atoms with van der Waals surface area (Å²) >= 11 is 2.11. The summed E-state index contributed by atoms with van der Waals surface area (Å²) in [5.41, 5.74) is 2.94. The van der Waals surface area contributed by atoms with Gasteiger partial charge in [0, 0.05) is 10.8 Å². The molecular formula is C18H11FINO. The number of rotatable bonds is 2. The standard InChI is InChI=1S/C18H11FINO/c19-14-8-2-3-9-15(14)21(20)16-10-5-7-13-12-6-1-4-11-17(12)22-18(13)16/h1-11H. The van der Waals surface area contributed by atoms with Gasteiger partial charge in [0.25, 0.3) is 0 Å². The van der Waals surface area contributed by atoms with Gasteiger partial charge in [0.1, 0.15) is 11.4 Å². The summed E-state index contributed by atoms with van der Waals surface area (Å²) < 4.78 is 21.8. The van der Waals surface area contributed by atoms with Crippen molar-refractivity contribution in [1.82, 2.24) is 0 Å². The van der Waals surface area contributed by atoms with Crippen LogP contribution in [0.1, 0.15) is 0 Å². The monoisotopic (exact) mass is 403 g/mol. The van der Waals surface area contributed by atoms with Gasteiger partial charge < -0.3 is 4.42 Å². The second-order valence-corrected chi connectivity index (χ2v) is 5.95. The first-order valence-corrected chi connectivity index (χ1v) is 7.83. The Balaban J connectivity index is 1.97. The molecule has 2 nitrogen and oxygen atoms in total. The van der Waals surface area contributed by atoms with Gasteiger partial charge in [-0.15, -0.1) is 0 Å². The van der Waals surface area contributed by atoms with Gasteiger partial charge in [-0.1, -0.05) is 42.5 Å². The number of benzene rings is 3. The summed E-state index contributed by atoms with van der Waals surface area (Å²) in [6.07, 6.45) is 0. The van der Waals surface area contributed by atoms with E-state index in [1.807, 2.05) is 48.5 Å². The van der Waals surface area contributed by atoms with Crippen LogP contribution < -0.4 is 3.11 Å². The van der Waals surface area contributed by atoms with Crippen LogP contribution in [0.2, 0.25) is 0 Å². The highest BCUT2D eigenvalue weighted by molar-refractivity contribution is 14.1. The number of fused-ring (bicyclic) bond motifs is 3. The third-order valence-electron chi connectivity index (χ3n) is 3.66. The Morgan fingerprint density at radius 2 is 1.45 bits per heavy atom. The number of hydrogen-bond acceptors (Lipinski definition) is 2. The molecule has 0 bridgehead atoms. The Morgan fingerprint density at radius 3 is 2.32 bits per heavy atom. The molecule has 0 unspecified atom stereocenters. The average molecular weight is 403 g/mol. The minimum atomic E-state index is -0.259. The maximum Gasteiger partial charge on any atom is 0.159 e. The zero-order valence-corrected chi connectivity index (χ0v) is 13.6. The van der Waals surface area contributed by atoms with Crippen LogP contribution in [0.4, 0.5) is 15.8 Å². The Bertz CT molecular complexity index is 979. The Kier molecular flexibility index (Phi) is 3.26. The normalized spacial score (nSPS) is 11.2. The lowest BCUT2D eigenvalue weighted by atomic mass is 10.1. The van der Waals surface area contributed by atoms with Gasteiger partial charge in [-0.2, -0.15) is 0 Å². The van der Waals surface area contributed by atoms with Gasteiger partial charge in [0.15, 0.2) is 5.58 Å². The minimum absolute atomic E-state index is 0.259. The fourth-order valence-corrected chi connectivity index (χ4v) is 3.40. The maximum absolute atomic E-state index is 14.1. The maximum atomic E-state index is 14.1. The lowest BCUT2D eigenvalue weighted by molar-refractivity contribution is 0.630. The highest BCUT2D eigenvalue weighted by Crippen LogP contribution is 2.40. The van der Waals surface area contributed by atoms with E-state index in [-0.39, 0.29) is 5.82 Å². The highest BCUT2D eigenvalue weighted by atomic mass is 127. The van der Waals surface area contributed by atoms with Crippen molar-refractivity contribution in [1.29, 1.82) is 0 Å². The van der Waals surface area contributed by atoms with Crippen LogP contribution in [0.3, 0.4) is 0 Å². The van der Waals surface area contributed by atoms with Crippen molar-refractivity contribution in [3.8, 4) is 0 Å². The van der Waals surface area contributed by atoms with E-state index in [9.17, 15) is 4.39 Å². The van der Waals surface area contributed by atoms with Crippen molar-refractivity contribution in [2.24, 2.45) is 0 Å². The van der Waals surface area contributed by atoms with Crippen LogP contribution in [0.25, 0.3) is 21.9 Å².